The molecule has 1 fully saturated rings. The normalized spacial score (nSPS) is 22.7. The lowest BCUT2D eigenvalue weighted by molar-refractivity contribution is -0.0364. The number of halogens is 1. The van der Waals surface area contributed by atoms with Crippen molar-refractivity contribution in [2.24, 2.45) is 0 Å². The van der Waals surface area contributed by atoms with Crippen molar-refractivity contribution in [3.8, 4) is 0 Å². The van der Waals surface area contributed by atoms with Crippen LogP contribution in [-0.4, -0.2) is 25.4 Å². The van der Waals surface area contributed by atoms with Gasteiger partial charge in [0.15, 0.2) is 0 Å². The van der Waals surface area contributed by atoms with E-state index in [2.05, 4.69) is 24.4 Å². The van der Waals surface area contributed by atoms with Crippen LogP contribution in [0.5, 0.6) is 0 Å². The molecule has 0 spiro atoms. The smallest absolute Gasteiger partial charge is 0.0727 e. The molecule has 0 saturated carbocycles. The highest BCUT2D eigenvalue weighted by atomic mass is 35.5. The van der Waals surface area contributed by atoms with E-state index in [0.717, 1.165) is 5.02 Å². The lowest BCUT2D eigenvalue weighted by Gasteiger charge is -2.34. The molecule has 1 heterocycles. The van der Waals surface area contributed by atoms with Crippen molar-refractivity contribution in [2.75, 3.05) is 13.2 Å². The molecule has 3 atom stereocenters. The number of ether oxygens (including phenoxy) is 2. The Morgan fingerprint density at radius 1 is 1.13 bits per heavy atom. The molecule has 1 aliphatic heterocycles. The maximum absolute atomic E-state index is 6.01. The van der Waals surface area contributed by atoms with Crippen molar-refractivity contribution in [3.63, 3.8) is 0 Å². The van der Waals surface area contributed by atoms with E-state index in [1.54, 1.807) is 0 Å². The summed E-state index contributed by atoms with van der Waals surface area (Å²) in [5, 5.41) is 4.38. The predicted octanol–water partition coefficient (Wildman–Crippen LogP) is 3.97. The molecule has 0 bridgehead atoms. The maximum atomic E-state index is 6.01. The molecule has 2 aromatic carbocycles. The average Bonchev–Trinajstić information content (AvgIpc) is 2.61. The molecule has 0 aromatic heterocycles. The maximum Gasteiger partial charge on any atom is 0.0727 e. The molecule has 2 unspecified atom stereocenters. The second-order valence-electron chi connectivity index (χ2n) is 5.92. The summed E-state index contributed by atoms with van der Waals surface area (Å²) in [5.41, 5.74) is 2.37. The molecule has 3 nitrogen and oxygen atoms in total. The van der Waals surface area contributed by atoms with Crippen molar-refractivity contribution in [1.29, 1.82) is 0 Å². The number of nitrogens with one attached hydrogen (secondary N) is 1. The van der Waals surface area contributed by atoms with Crippen molar-refractivity contribution in [3.05, 3.63) is 70.7 Å². The number of hydrogen-bond acceptors (Lipinski definition) is 3. The Bertz CT molecular complexity index is 603. The Kier molecular flexibility index (Phi) is 5.68. The topological polar surface area (TPSA) is 30.5 Å². The van der Waals surface area contributed by atoms with Gasteiger partial charge in [-0.05, 0) is 30.2 Å². The van der Waals surface area contributed by atoms with E-state index in [1.165, 1.54) is 11.1 Å². The van der Waals surface area contributed by atoms with Gasteiger partial charge in [-0.1, -0.05) is 54.1 Å². The number of hydrogen-bond donors (Lipinski definition) is 1. The Balaban J connectivity index is 1.56. The van der Waals surface area contributed by atoms with Gasteiger partial charge in [-0.3, -0.25) is 0 Å². The molecule has 3 rings (SSSR count). The molecule has 1 N–H and O–H groups in total. The molecule has 122 valence electrons. The van der Waals surface area contributed by atoms with Gasteiger partial charge in [0.2, 0.25) is 0 Å². The van der Waals surface area contributed by atoms with Crippen LogP contribution in [0.1, 0.15) is 24.1 Å². The van der Waals surface area contributed by atoms with Crippen LogP contribution in [-0.2, 0) is 16.1 Å². The first-order valence-electron chi connectivity index (χ1n) is 7.97. The molecule has 0 radical (unpaired) electrons. The predicted molar refractivity (Wildman–Crippen MR) is 92.6 cm³/mol. The average molecular weight is 332 g/mol. The quantitative estimate of drug-likeness (QED) is 0.899. The first-order valence-corrected chi connectivity index (χ1v) is 8.35. The summed E-state index contributed by atoms with van der Waals surface area (Å²) in [6.45, 7) is 4.05. The fraction of sp³-hybridized carbons (Fsp3) is 0.368. The van der Waals surface area contributed by atoms with E-state index in [1.807, 2.05) is 42.5 Å². The third-order valence-corrected chi connectivity index (χ3v) is 4.44. The summed E-state index contributed by atoms with van der Waals surface area (Å²) in [6.07, 6.45) is 0.0744. The Morgan fingerprint density at radius 3 is 2.61 bits per heavy atom. The number of rotatable bonds is 5. The van der Waals surface area contributed by atoms with Gasteiger partial charge in [0.1, 0.15) is 0 Å². The molecule has 2 aromatic rings. The van der Waals surface area contributed by atoms with Gasteiger partial charge < -0.3 is 14.8 Å². The molecule has 4 heteroatoms. The first kappa shape index (κ1) is 16.5. The zero-order chi connectivity index (χ0) is 16.1. The second kappa shape index (κ2) is 7.93. The lowest BCUT2D eigenvalue weighted by atomic mass is 10.0. The second-order valence-corrected chi connectivity index (χ2v) is 6.35. The fourth-order valence-corrected chi connectivity index (χ4v) is 2.87. The third-order valence-electron chi connectivity index (χ3n) is 4.19. The number of benzene rings is 2. The van der Waals surface area contributed by atoms with Gasteiger partial charge in [0, 0.05) is 5.02 Å². The highest BCUT2D eigenvalue weighted by molar-refractivity contribution is 6.30. The van der Waals surface area contributed by atoms with Gasteiger partial charge in [-0.15, -0.1) is 0 Å². The van der Waals surface area contributed by atoms with Crippen LogP contribution in [0.25, 0.3) is 0 Å². The number of morpholine rings is 1. The zero-order valence-electron chi connectivity index (χ0n) is 13.2. The van der Waals surface area contributed by atoms with E-state index in [9.17, 15) is 0 Å². The van der Waals surface area contributed by atoms with Gasteiger partial charge in [0.25, 0.3) is 0 Å². The minimum atomic E-state index is 0.0744. The van der Waals surface area contributed by atoms with Gasteiger partial charge >= 0.3 is 0 Å². The molecule has 1 saturated heterocycles. The first-order chi connectivity index (χ1) is 11.2. The van der Waals surface area contributed by atoms with Crippen molar-refractivity contribution >= 4 is 11.6 Å². The minimum absolute atomic E-state index is 0.0744. The van der Waals surface area contributed by atoms with E-state index in [0.29, 0.717) is 19.8 Å². The third kappa shape index (κ3) is 4.55. The lowest BCUT2D eigenvalue weighted by Crippen LogP contribution is -2.50. The standard InChI is InChI=1S/C19H22ClNO2/c1-14(23-11-15-5-3-2-4-6-15)18-12-22-13-19(21-18)16-7-9-17(20)10-8-16/h2-10,14,18-19,21H,11-13H2,1H3/t14-,18?,19?/m1/s1. The summed E-state index contributed by atoms with van der Waals surface area (Å²) in [6, 6.07) is 18.5. The van der Waals surface area contributed by atoms with Crippen LogP contribution in [0.3, 0.4) is 0 Å². The summed E-state index contributed by atoms with van der Waals surface area (Å²) in [4.78, 5) is 0. The Labute approximate surface area is 142 Å². The largest absolute Gasteiger partial charge is 0.378 e. The van der Waals surface area contributed by atoms with Crippen molar-refractivity contribution in [2.45, 2.75) is 31.7 Å². The van der Waals surface area contributed by atoms with Crippen LogP contribution in [0.2, 0.25) is 5.02 Å². The monoisotopic (exact) mass is 331 g/mol. The SMILES string of the molecule is C[C@@H](OCc1ccccc1)C1COCC(c2ccc(Cl)cc2)N1. The Morgan fingerprint density at radius 2 is 1.87 bits per heavy atom. The molecular formula is C19H22ClNO2. The van der Waals surface area contributed by atoms with Gasteiger partial charge in [0.05, 0.1) is 38.0 Å². The fourth-order valence-electron chi connectivity index (χ4n) is 2.74. The molecular weight excluding hydrogens is 310 g/mol. The summed E-state index contributed by atoms with van der Waals surface area (Å²) in [7, 11) is 0. The molecule has 0 amide bonds. The molecule has 0 aliphatic carbocycles. The van der Waals surface area contributed by atoms with Gasteiger partial charge in [-0.2, -0.15) is 0 Å². The van der Waals surface area contributed by atoms with E-state index < -0.39 is 0 Å². The van der Waals surface area contributed by atoms with Crippen molar-refractivity contribution in [1.82, 2.24) is 5.32 Å². The van der Waals surface area contributed by atoms with Crippen LogP contribution in [0, 0.1) is 0 Å². The van der Waals surface area contributed by atoms with Crippen LogP contribution in [0.15, 0.2) is 54.6 Å². The van der Waals surface area contributed by atoms with E-state index in [-0.39, 0.29) is 18.2 Å². The van der Waals surface area contributed by atoms with Gasteiger partial charge in [-0.25, -0.2) is 0 Å². The van der Waals surface area contributed by atoms with Crippen LogP contribution in [0.4, 0.5) is 0 Å². The highest BCUT2D eigenvalue weighted by Crippen LogP contribution is 2.21. The minimum Gasteiger partial charge on any atom is -0.378 e. The Hall–Kier alpha value is -1.39. The van der Waals surface area contributed by atoms with Crippen LogP contribution < -0.4 is 5.32 Å². The summed E-state index contributed by atoms with van der Waals surface area (Å²) in [5.74, 6) is 0. The van der Waals surface area contributed by atoms with Crippen molar-refractivity contribution < 1.29 is 9.47 Å². The summed E-state index contributed by atoms with van der Waals surface area (Å²) < 4.78 is 11.8. The summed E-state index contributed by atoms with van der Waals surface area (Å²) >= 11 is 5.96. The highest BCUT2D eigenvalue weighted by Gasteiger charge is 2.27. The van der Waals surface area contributed by atoms with Crippen LogP contribution >= 0.6 is 11.6 Å². The van der Waals surface area contributed by atoms with E-state index in [4.69, 9.17) is 21.1 Å². The molecule has 1 aliphatic rings. The van der Waals surface area contributed by atoms with E-state index >= 15 is 0 Å². The zero-order valence-corrected chi connectivity index (χ0v) is 14.0. The molecule has 23 heavy (non-hydrogen) atoms.